The van der Waals surface area contributed by atoms with Gasteiger partial charge < -0.3 is 9.64 Å². The molecule has 11 aromatic carbocycles. The lowest BCUT2D eigenvalue weighted by molar-refractivity contribution is 0.433. The van der Waals surface area contributed by atoms with E-state index in [9.17, 15) is 0 Å². The van der Waals surface area contributed by atoms with Crippen LogP contribution < -0.4 is 9.64 Å². The van der Waals surface area contributed by atoms with Gasteiger partial charge in [-0.05, 0) is 170 Å². The zero-order valence-corrected chi connectivity index (χ0v) is 51.9. The van der Waals surface area contributed by atoms with E-state index in [4.69, 9.17) is 4.74 Å². The molecule has 2 spiro atoms. The van der Waals surface area contributed by atoms with Crippen molar-refractivity contribution >= 4 is 17.1 Å². The molecule has 0 aromatic heterocycles. The topological polar surface area (TPSA) is 12.5 Å². The Hall–Kier alpha value is -8.98. The fourth-order valence-corrected chi connectivity index (χ4v) is 15.1. The van der Waals surface area contributed by atoms with Crippen LogP contribution in [0.4, 0.5) is 17.1 Å². The molecular formula is C84H75NO. The molecule has 4 aliphatic rings. The normalized spacial score (nSPS) is 14.6. The first kappa shape index (κ1) is 53.7. The van der Waals surface area contributed by atoms with E-state index in [0.717, 1.165) is 39.7 Å². The maximum Gasteiger partial charge on any atom is 0.132 e. The number of para-hydroxylation sites is 1. The molecule has 2 nitrogen and oxygen atoms in total. The first-order valence-electron chi connectivity index (χ1n) is 31.0. The number of fused-ring (bicyclic) bond motifs is 19. The van der Waals surface area contributed by atoms with Gasteiger partial charge in [0.1, 0.15) is 11.5 Å². The molecule has 86 heavy (non-hydrogen) atoms. The van der Waals surface area contributed by atoms with Gasteiger partial charge in [-0.25, -0.2) is 0 Å². The van der Waals surface area contributed by atoms with Crippen LogP contribution >= 0.6 is 0 Å². The zero-order valence-electron chi connectivity index (χ0n) is 51.9. The van der Waals surface area contributed by atoms with Crippen LogP contribution in [0, 0.1) is 0 Å². The average Bonchev–Trinajstić information content (AvgIpc) is 1.50. The molecule has 11 aromatic rings. The van der Waals surface area contributed by atoms with E-state index in [1.165, 1.54) is 111 Å². The quantitative estimate of drug-likeness (QED) is 0.170. The van der Waals surface area contributed by atoms with Crippen molar-refractivity contribution in [1.29, 1.82) is 0 Å². The van der Waals surface area contributed by atoms with Crippen LogP contribution in [0.3, 0.4) is 0 Å². The first-order chi connectivity index (χ1) is 41.2. The van der Waals surface area contributed by atoms with Crippen LogP contribution in [-0.2, 0) is 32.5 Å². The van der Waals surface area contributed by atoms with E-state index in [-0.39, 0.29) is 21.7 Å². The second kappa shape index (κ2) is 18.8. The molecule has 3 aliphatic carbocycles. The SMILES string of the molecule is CC(C)(C)c1ccc2c(c1)C1(c3cc(C(C)(C)C)ccc3O2)c2ccccc2-c2c(N(c3ccc4c(c3)C3(c5ccccc5-4)c4cc(C(C)(C)C)ccc4-c4ccc(C(C)(C)C)cc43)c3ccccc3-c3ccc(-c4ccccc4)cc3)cccc21. The molecule has 0 bridgehead atoms. The highest BCUT2D eigenvalue weighted by atomic mass is 16.5. The summed E-state index contributed by atoms with van der Waals surface area (Å²) in [4.78, 5) is 2.62. The lowest BCUT2D eigenvalue weighted by atomic mass is 9.64. The molecule has 0 unspecified atom stereocenters. The highest BCUT2D eigenvalue weighted by Gasteiger charge is 2.55. The Kier molecular flexibility index (Phi) is 11.7. The summed E-state index contributed by atoms with van der Waals surface area (Å²) >= 11 is 0. The standard InChI is InChI=1S/C84H75NO/c1-79(2,3)55-37-42-62-63-43-38-56(80(4,5)6)48-70(63)84(69(62)47-55)66-28-19-16-26-61(66)64-44-41-59(51-71(64)84)85(74-31-21-18-25-60(74)54-35-33-53(34-36-54)52-23-14-13-15-24-52)75-32-22-30-68-78(75)65-27-17-20-29-67(65)83(68)72-49-57(81(7,8)9)39-45-76(72)86-77-46-40-58(50-73(77)83)82(10,11)12/h13-51H,1-12H3. The Morgan fingerprint density at radius 3 is 1.21 bits per heavy atom. The van der Waals surface area contributed by atoms with E-state index in [0.29, 0.717) is 0 Å². The van der Waals surface area contributed by atoms with Gasteiger partial charge in [-0.2, -0.15) is 0 Å². The van der Waals surface area contributed by atoms with Gasteiger partial charge in [-0.1, -0.05) is 271 Å². The molecule has 0 radical (unpaired) electrons. The van der Waals surface area contributed by atoms with Gasteiger partial charge in [0.15, 0.2) is 0 Å². The second-order valence-electron chi connectivity index (χ2n) is 28.9. The van der Waals surface area contributed by atoms with Crippen molar-refractivity contribution in [3.8, 4) is 67.1 Å². The van der Waals surface area contributed by atoms with Gasteiger partial charge in [0.05, 0.1) is 22.2 Å². The molecule has 422 valence electrons. The van der Waals surface area contributed by atoms with Crippen molar-refractivity contribution in [1.82, 2.24) is 0 Å². The van der Waals surface area contributed by atoms with Gasteiger partial charge in [-0.3, -0.25) is 0 Å². The molecule has 0 saturated heterocycles. The maximum absolute atomic E-state index is 7.15. The Morgan fingerprint density at radius 1 is 0.267 bits per heavy atom. The number of nitrogens with zero attached hydrogens (tertiary/aromatic N) is 1. The van der Waals surface area contributed by atoms with Crippen molar-refractivity contribution in [3.63, 3.8) is 0 Å². The third-order valence-corrected chi connectivity index (χ3v) is 19.6. The molecule has 0 saturated carbocycles. The predicted molar refractivity (Wildman–Crippen MR) is 360 cm³/mol. The summed E-state index contributed by atoms with van der Waals surface area (Å²) in [5, 5.41) is 0. The van der Waals surface area contributed by atoms with Gasteiger partial charge in [0, 0.05) is 27.9 Å². The van der Waals surface area contributed by atoms with Crippen LogP contribution in [0.15, 0.2) is 237 Å². The Bertz CT molecular complexity index is 4460. The zero-order chi connectivity index (χ0) is 59.5. The largest absolute Gasteiger partial charge is 0.457 e. The van der Waals surface area contributed by atoms with Crippen LogP contribution in [-0.4, -0.2) is 0 Å². The Labute approximate surface area is 509 Å². The minimum atomic E-state index is -0.720. The lowest BCUT2D eigenvalue weighted by Gasteiger charge is -2.41. The number of benzene rings is 11. The summed E-state index contributed by atoms with van der Waals surface area (Å²) in [5.74, 6) is 1.79. The molecule has 0 N–H and O–H groups in total. The Balaban J connectivity index is 1.05. The molecule has 0 fully saturated rings. The fraction of sp³-hybridized carbons (Fsp3) is 0.214. The van der Waals surface area contributed by atoms with Gasteiger partial charge in [0.25, 0.3) is 0 Å². The van der Waals surface area contributed by atoms with E-state index in [1.54, 1.807) is 0 Å². The number of hydrogen-bond donors (Lipinski definition) is 0. The molecule has 0 atom stereocenters. The van der Waals surface area contributed by atoms with E-state index in [1.807, 2.05) is 0 Å². The summed E-state index contributed by atoms with van der Waals surface area (Å²) < 4.78 is 7.15. The minimum Gasteiger partial charge on any atom is -0.457 e. The molecular weight excluding hydrogens is 1040 g/mol. The lowest BCUT2D eigenvalue weighted by Crippen LogP contribution is -2.33. The Morgan fingerprint density at radius 2 is 0.651 bits per heavy atom. The first-order valence-corrected chi connectivity index (χ1v) is 31.0. The highest BCUT2D eigenvalue weighted by Crippen LogP contribution is 2.67. The molecule has 2 heteroatoms. The van der Waals surface area contributed by atoms with Crippen LogP contribution in [0.25, 0.3) is 55.6 Å². The van der Waals surface area contributed by atoms with Gasteiger partial charge in [0.2, 0.25) is 0 Å². The summed E-state index contributed by atoms with van der Waals surface area (Å²) in [7, 11) is 0. The summed E-state index contributed by atoms with van der Waals surface area (Å²) in [6.45, 7) is 28.1. The van der Waals surface area contributed by atoms with Crippen LogP contribution in [0.5, 0.6) is 11.5 Å². The van der Waals surface area contributed by atoms with Crippen molar-refractivity contribution in [2.24, 2.45) is 0 Å². The maximum atomic E-state index is 7.15. The second-order valence-corrected chi connectivity index (χ2v) is 28.9. The number of hydrogen-bond acceptors (Lipinski definition) is 2. The van der Waals surface area contributed by atoms with Gasteiger partial charge >= 0.3 is 0 Å². The number of rotatable bonds is 5. The molecule has 1 heterocycles. The summed E-state index contributed by atoms with van der Waals surface area (Å²) in [5.41, 5.74) is 29.4. The molecule has 1 aliphatic heterocycles. The summed E-state index contributed by atoms with van der Waals surface area (Å²) in [6.07, 6.45) is 0. The molecule has 0 amide bonds. The van der Waals surface area contributed by atoms with Crippen LogP contribution in [0.2, 0.25) is 0 Å². The van der Waals surface area contributed by atoms with Crippen molar-refractivity contribution in [2.45, 2.75) is 116 Å². The van der Waals surface area contributed by atoms with E-state index < -0.39 is 10.8 Å². The van der Waals surface area contributed by atoms with Crippen molar-refractivity contribution < 1.29 is 4.74 Å². The minimum absolute atomic E-state index is 0.0698. The average molecular weight is 1110 g/mol. The monoisotopic (exact) mass is 1110 g/mol. The fourth-order valence-electron chi connectivity index (χ4n) is 15.1. The van der Waals surface area contributed by atoms with E-state index >= 15 is 0 Å². The predicted octanol–water partition coefficient (Wildman–Crippen LogP) is 22.5. The third kappa shape index (κ3) is 7.84. The number of ether oxygens (including phenoxy) is 1. The third-order valence-electron chi connectivity index (χ3n) is 19.6. The van der Waals surface area contributed by atoms with E-state index in [2.05, 4.69) is 325 Å². The van der Waals surface area contributed by atoms with Crippen molar-refractivity contribution in [3.05, 3.63) is 303 Å². The smallest absolute Gasteiger partial charge is 0.132 e. The highest BCUT2D eigenvalue weighted by molar-refractivity contribution is 6.02. The van der Waals surface area contributed by atoms with Gasteiger partial charge in [-0.15, -0.1) is 0 Å². The number of anilines is 3. The van der Waals surface area contributed by atoms with Crippen molar-refractivity contribution in [2.75, 3.05) is 4.90 Å². The molecule has 15 rings (SSSR count). The van der Waals surface area contributed by atoms with Crippen LogP contribution in [0.1, 0.15) is 150 Å². The summed E-state index contributed by atoms with van der Waals surface area (Å²) in [6, 6.07) is 90.9.